The van der Waals surface area contributed by atoms with E-state index in [0.29, 0.717) is 0 Å². The summed E-state index contributed by atoms with van der Waals surface area (Å²) in [6.45, 7) is 0. The predicted octanol–water partition coefficient (Wildman–Crippen LogP) is 3.21. The molecule has 0 unspecified atom stereocenters. The van der Waals surface area contributed by atoms with Gasteiger partial charge in [0.15, 0.2) is 0 Å². The zero-order valence-electron chi connectivity index (χ0n) is 9.19. The van der Waals surface area contributed by atoms with Crippen LogP contribution in [0.5, 0.6) is 0 Å². The topological polar surface area (TPSA) is 37.3 Å². The van der Waals surface area contributed by atoms with Crippen LogP contribution in [0.15, 0.2) is 29.2 Å². The fourth-order valence-corrected chi connectivity index (χ4v) is 2.96. The van der Waals surface area contributed by atoms with Gasteiger partial charge in [-0.2, -0.15) is 0 Å². The van der Waals surface area contributed by atoms with Crippen molar-refractivity contribution in [1.29, 1.82) is 0 Å². The van der Waals surface area contributed by atoms with Crippen molar-refractivity contribution < 1.29 is 9.90 Å². The normalized spacial score (nSPS) is 15.8. The molecule has 1 fully saturated rings. The highest BCUT2D eigenvalue weighted by atomic mass is 32.2. The van der Waals surface area contributed by atoms with Gasteiger partial charge in [0, 0.05) is 10.6 Å². The maximum Gasteiger partial charge on any atom is 0.307 e. The van der Waals surface area contributed by atoms with Crippen molar-refractivity contribution >= 4 is 17.7 Å². The molecule has 0 atom stereocenters. The number of aliphatic carboxylic acids is 1. The van der Waals surface area contributed by atoms with Crippen molar-refractivity contribution in [1.82, 2.24) is 0 Å². The summed E-state index contributed by atoms with van der Waals surface area (Å²) in [5.41, 5.74) is 0.895. The lowest BCUT2D eigenvalue weighted by atomic mass is 9.87. The summed E-state index contributed by atoms with van der Waals surface area (Å²) in [6, 6.07) is 7.88. The summed E-state index contributed by atoms with van der Waals surface area (Å²) in [4.78, 5) is 11.8. The average Bonchev–Trinajstić information content (AvgIpc) is 2.14. The summed E-state index contributed by atoms with van der Waals surface area (Å²) >= 11 is 1.85. The van der Waals surface area contributed by atoms with Gasteiger partial charge in [0.1, 0.15) is 0 Å². The summed E-state index contributed by atoms with van der Waals surface area (Å²) in [5, 5.41) is 8.72. The van der Waals surface area contributed by atoms with E-state index >= 15 is 0 Å². The number of carbonyl (C=O) groups is 1. The number of benzene rings is 1. The van der Waals surface area contributed by atoms with Crippen molar-refractivity contribution in [2.24, 2.45) is 5.92 Å². The highest BCUT2D eigenvalue weighted by Gasteiger charge is 2.17. The second-order valence-electron chi connectivity index (χ2n) is 4.33. The molecule has 1 aliphatic carbocycles. The van der Waals surface area contributed by atoms with Gasteiger partial charge in [0.25, 0.3) is 0 Å². The maximum absolute atomic E-state index is 10.6. The molecule has 3 heteroatoms. The summed E-state index contributed by atoms with van der Waals surface area (Å²) < 4.78 is 0. The lowest BCUT2D eigenvalue weighted by Gasteiger charge is -2.24. The number of thioether (sulfide) groups is 1. The van der Waals surface area contributed by atoms with Crippen molar-refractivity contribution in [3.63, 3.8) is 0 Å². The molecule has 0 spiro atoms. The average molecular weight is 236 g/mol. The number of rotatable bonds is 5. The molecular formula is C13H16O2S. The smallest absolute Gasteiger partial charge is 0.307 e. The van der Waals surface area contributed by atoms with Crippen LogP contribution in [0.2, 0.25) is 0 Å². The number of hydrogen-bond acceptors (Lipinski definition) is 2. The molecule has 0 saturated heterocycles. The quantitative estimate of drug-likeness (QED) is 0.798. The molecule has 0 amide bonds. The predicted molar refractivity (Wildman–Crippen MR) is 65.8 cm³/mol. The molecule has 86 valence electrons. The molecule has 2 rings (SSSR count). The summed E-state index contributed by atoms with van der Waals surface area (Å²) in [7, 11) is 0. The second-order valence-corrected chi connectivity index (χ2v) is 5.42. The minimum absolute atomic E-state index is 0.123. The van der Waals surface area contributed by atoms with E-state index in [1.807, 2.05) is 30.0 Å². The maximum atomic E-state index is 10.6. The first-order valence-electron chi connectivity index (χ1n) is 5.67. The Labute approximate surface area is 100 Å². The molecule has 2 nitrogen and oxygen atoms in total. The highest BCUT2D eigenvalue weighted by molar-refractivity contribution is 7.99. The molecule has 1 aromatic carbocycles. The Bertz CT molecular complexity index is 372. The van der Waals surface area contributed by atoms with Crippen LogP contribution in [0.1, 0.15) is 24.8 Å². The molecule has 0 heterocycles. The van der Waals surface area contributed by atoms with Gasteiger partial charge in [-0.05, 0) is 36.5 Å². The first-order chi connectivity index (χ1) is 7.74. The van der Waals surface area contributed by atoms with Gasteiger partial charge in [0.05, 0.1) is 6.42 Å². The monoisotopic (exact) mass is 236 g/mol. The molecule has 1 aromatic rings. The zero-order valence-corrected chi connectivity index (χ0v) is 10.0. The van der Waals surface area contributed by atoms with Crippen molar-refractivity contribution in [2.75, 3.05) is 5.75 Å². The van der Waals surface area contributed by atoms with Crippen LogP contribution in [0.4, 0.5) is 0 Å². The van der Waals surface area contributed by atoms with E-state index < -0.39 is 5.97 Å². The molecule has 1 aliphatic rings. The molecule has 0 radical (unpaired) electrons. The molecule has 1 saturated carbocycles. The molecule has 0 bridgehead atoms. The standard InChI is InChI=1S/C13H16O2S/c14-13(15)8-11-5-2-6-12(7-11)16-9-10-3-1-4-10/h2,5-7,10H,1,3-4,8-9H2,(H,14,15). The van der Waals surface area contributed by atoms with E-state index in [1.165, 1.54) is 29.9 Å². The Morgan fingerprint density at radius 3 is 2.88 bits per heavy atom. The minimum Gasteiger partial charge on any atom is -0.481 e. The van der Waals surface area contributed by atoms with Crippen LogP contribution in [0.25, 0.3) is 0 Å². The molecule has 16 heavy (non-hydrogen) atoms. The van der Waals surface area contributed by atoms with Gasteiger partial charge in [-0.15, -0.1) is 11.8 Å². The molecule has 0 aromatic heterocycles. The Kier molecular flexibility index (Phi) is 3.88. The third kappa shape index (κ3) is 3.27. The van der Waals surface area contributed by atoms with Crippen LogP contribution in [-0.2, 0) is 11.2 Å². The van der Waals surface area contributed by atoms with Gasteiger partial charge < -0.3 is 5.11 Å². The van der Waals surface area contributed by atoms with Gasteiger partial charge in [-0.25, -0.2) is 0 Å². The van der Waals surface area contributed by atoms with E-state index in [-0.39, 0.29) is 6.42 Å². The third-order valence-electron chi connectivity index (χ3n) is 2.96. The van der Waals surface area contributed by atoms with Crippen molar-refractivity contribution in [3.05, 3.63) is 29.8 Å². The lowest BCUT2D eigenvalue weighted by molar-refractivity contribution is -0.136. The first-order valence-corrected chi connectivity index (χ1v) is 6.66. The lowest BCUT2D eigenvalue weighted by Crippen LogP contribution is -2.13. The molecule has 1 N–H and O–H groups in total. The van der Waals surface area contributed by atoms with Crippen LogP contribution in [0, 0.1) is 5.92 Å². The first kappa shape index (κ1) is 11.5. The van der Waals surface area contributed by atoms with E-state index in [1.54, 1.807) is 0 Å². The van der Waals surface area contributed by atoms with E-state index in [0.717, 1.165) is 11.5 Å². The number of carboxylic acids is 1. The molecular weight excluding hydrogens is 220 g/mol. The number of carboxylic acid groups (broad SMARTS) is 1. The van der Waals surface area contributed by atoms with Crippen LogP contribution >= 0.6 is 11.8 Å². The van der Waals surface area contributed by atoms with Gasteiger partial charge >= 0.3 is 5.97 Å². The van der Waals surface area contributed by atoms with E-state index in [4.69, 9.17) is 5.11 Å². The number of hydrogen-bond donors (Lipinski definition) is 1. The van der Waals surface area contributed by atoms with Crippen molar-refractivity contribution in [2.45, 2.75) is 30.6 Å². The zero-order chi connectivity index (χ0) is 11.4. The Hall–Kier alpha value is -0.960. The Morgan fingerprint density at radius 1 is 1.44 bits per heavy atom. The van der Waals surface area contributed by atoms with E-state index in [2.05, 4.69) is 6.07 Å². The SMILES string of the molecule is O=C(O)Cc1cccc(SCC2CCC2)c1. The Morgan fingerprint density at radius 2 is 2.25 bits per heavy atom. The van der Waals surface area contributed by atoms with Gasteiger partial charge in [-0.3, -0.25) is 4.79 Å². The highest BCUT2D eigenvalue weighted by Crippen LogP contribution is 2.32. The largest absolute Gasteiger partial charge is 0.481 e. The summed E-state index contributed by atoms with van der Waals surface area (Å²) in [5.74, 6) is 1.30. The van der Waals surface area contributed by atoms with Gasteiger partial charge in [0.2, 0.25) is 0 Å². The van der Waals surface area contributed by atoms with Crippen LogP contribution in [0.3, 0.4) is 0 Å². The fraction of sp³-hybridized carbons (Fsp3) is 0.462. The van der Waals surface area contributed by atoms with Gasteiger partial charge in [-0.1, -0.05) is 18.6 Å². The summed E-state index contributed by atoms with van der Waals surface area (Å²) in [6.07, 6.45) is 4.23. The Balaban J connectivity index is 1.89. The molecule has 0 aliphatic heterocycles. The minimum atomic E-state index is -0.763. The fourth-order valence-electron chi connectivity index (χ4n) is 1.79. The third-order valence-corrected chi connectivity index (χ3v) is 4.19. The van der Waals surface area contributed by atoms with Crippen LogP contribution in [-0.4, -0.2) is 16.8 Å². The van der Waals surface area contributed by atoms with Crippen LogP contribution < -0.4 is 0 Å². The van der Waals surface area contributed by atoms with E-state index in [9.17, 15) is 4.79 Å². The van der Waals surface area contributed by atoms with Crippen molar-refractivity contribution in [3.8, 4) is 0 Å². The second kappa shape index (κ2) is 5.39.